The topological polar surface area (TPSA) is 68.0 Å². The van der Waals surface area contributed by atoms with Crippen LogP contribution in [0.5, 0.6) is 0 Å². The fraction of sp³-hybridized carbons (Fsp3) is 0.500. The summed E-state index contributed by atoms with van der Waals surface area (Å²) in [5.74, 6) is 2.69. The van der Waals surface area contributed by atoms with Crippen molar-refractivity contribution in [1.82, 2.24) is 14.5 Å². The summed E-state index contributed by atoms with van der Waals surface area (Å²) in [5.41, 5.74) is 8.01. The van der Waals surface area contributed by atoms with Crippen LogP contribution in [-0.4, -0.2) is 66.3 Å². The third kappa shape index (κ3) is 4.71. The van der Waals surface area contributed by atoms with Crippen molar-refractivity contribution in [2.24, 2.45) is 11.0 Å². The van der Waals surface area contributed by atoms with Gasteiger partial charge in [0, 0.05) is 32.2 Å². The fourth-order valence-electron chi connectivity index (χ4n) is 5.78. The van der Waals surface area contributed by atoms with Crippen LogP contribution in [0, 0.1) is 12.8 Å². The molecule has 1 aromatic carbocycles. The molecular formula is C30H36N6O2. The van der Waals surface area contributed by atoms with Gasteiger partial charge in [-0.05, 0) is 56.1 Å². The number of anilines is 2. The summed E-state index contributed by atoms with van der Waals surface area (Å²) < 4.78 is 13.7. The Morgan fingerprint density at radius 2 is 1.87 bits per heavy atom. The Bertz CT molecular complexity index is 1400. The molecule has 38 heavy (non-hydrogen) atoms. The van der Waals surface area contributed by atoms with E-state index in [0.717, 1.165) is 99.5 Å². The van der Waals surface area contributed by atoms with Crippen LogP contribution in [0.15, 0.2) is 41.5 Å². The highest BCUT2D eigenvalue weighted by Crippen LogP contribution is 2.38. The minimum absolute atomic E-state index is 0.654. The van der Waals surface area contributed by atoms with E-state index < -0.39 is 0 Å². The first-order chi connectivity index (χ1) is 18.7. The molecule has 0 atom stereocenters. The Balaban J connectivity index is 1.37. The summed E-state index contributed by atoms with van der Waals surface area (Å²) in [6, 6.07) is 10.9. The number of hydrogen-bond donors (Lipinski definition) is 0. The first-order valence-electron chi connectivity index (χ1n) is 14.2. The number of fused-ring (bicyclic) bond motifs is 1. The number of nitrogens with zero attached hydrogens (tertiary/aromatic N) is 6. The molecule has 0 radical (unpaired) electrons. The molecule has 4 aliphatic rings. The van der Waals surface area contributed by atoms with Crippen LogP contribution in [0.25, 0.3) is 16.7 Å². The van der Waals surface area contributed by atoms with Crippen molar-refractivity contribution in [3.05, 3.63) is 53.4 Å². The summed E-state index contributed by atoms with van der Waals surface area (Å²) >= 11 is 0. The Morgan fingerprint density at radius 1 is 0.974 bits per heavy atom. The zero-order valence-electron chi connectivity index (χ0n) is 22.2. The molecule has 8 heteroatoms. The van der Waals surface area contributed by atoms with Crippen molar-refractivity contribution in [2.45, 2.75) is 45.6 Å². The maximum Gasteiger partial charge on any atom is 0.164 e. The van der Waals surface area contributed by atoms with Crippen LogP contribution in [0.3, 0.4) is 0 Å². The monoisotopic (exact) mass is 512 g/mol. The van der Waals surface area contributed by atoms with E-state index in [1.54, 1.807) is 0 Å². The SMILES string of the molecule is Cc1cccc(C2=NN(c3cc(N4CCOCC4)c4nc(C5=CCOCC5)n(CC5CC5)c4n3)CCC2)c1. The molecule has 1 saturated heterocycles. The molecule has 198 valence electrons. The second-order valence-electron chi connectivity index (χ2n) is 11.0. The molecule has 8 nitrogen and oxygen atoms in total. The maximum atomic E-state index is 5.70. The number of hydrogen-bond acceptors (Lipinski definition) is 7. The van der Waals surface area contributed by atoms with Crippen LogP contribution in [0.2, 0.25) is 0 Å². The highest BCUT2D eigenvalue weighted by Gasteiger charge is 2.29. The number of hydrazone groups is 1. The van der Waals surface area contributed by atoms with Crippen molar-refractivity contribution in [3.8, 4) is 0 Å². The highest BCUT2D eigenvalue weighted by molar-refractivity contribution is 6.01. The summed E-state index contributed by atoms with van der Waals surface area (Å²) in [7, 11) is 0. The van der Waals surface area contributed by atoms with Crippen LogP contribution < -0.4 is 9.91 Å². The number of pyridine rings is 1. The van der Waals surface area contributed by atoms with Gasteiger partial charge in [0.05, 0.1) is 37.8 Å². The standard InChI is InChI=1S/C30H36N6O2/c1-21-4-2-5-24(18-21)25-6-3-11-36(33-25)27-19-26(34-12-16-38-17-13-34)28-30(31-27)35(20-22-7-8-22)29(32-28)23-9-14-37-15-10-23/h2,4-5,9,18-19,22H,3,6-8,10-17,20H2,1H3. The van der Waals surface area contributed by atoms with Gasteiger partial charge in [0.25, 0.3) is 0 Å². The maximum absolute atomic E-state index is 5.70. The summed E-state index contributed by atoms with van der Waals surface area (Å²) in [4.78, 5) is 13.0. The summed E-state index contributed by atoms with van der Waals surface area (Å²) in [6.45, 7) is 8.56. The minimum atomic E-state index is 0.654. The third-order valence-corrected chi connectivity index (χ3v) is 8.05. The molecule has 1 aliphatic carbocycles. The van der Waals surface area contributed by atoms with E-state index in [1.165, 1.54) is 29.5 Å². The third-order valence-electron chi connectivity index (χ3n) is 8.05. The number of imidazole rings is 1. The summed E-state index contributed by atoms with van der Waals surface area (Å²) in [6.07, 6.45) is 7.70. The zero-order chi connectivity index (χ0) is 25.5. The molecule has 1 saturated carbocycles. The molecule has 0 N–H and O–H groups in total. The van der Waals surface area contributed by atoms with E-state index in [2.05, 4.69) is 57.8 Å². The van der Waals surface area contributed by atoms with E-state index in [9.17, 15) is 0 Å². The van der Waals surface area contributed by atoms with Gasteiger partial charge in [0.15, 0.2) is 11.5 Å². The second kappa shape index (κ2) is 10.2. The van der Waals surface area contributed by atoms with Gasteiger partial charge >= 0.3 is 0 Å². The highest BCUT2D eigenvalue weighted by atomic mass is 16.5. The number of ether oxygens (including phenoxy) is 2. The Morgan fingerprint density at radius 3 is 2.66 bits per heavy atom. The van der Waals surface area contributed by atoms with Gasteiger partial charge in [0.2, 0.25) is 0 Å². The van der Waals surface area contributed by atoms with Crippen molar-refractivity contribution in [2.75, 3.05) is 56.0 Å². The van der Waals surface area contributed by atoms with Crippen molar-refractivity contribution in [1.29, 1.82) is 0 Å². The van der Waals surface area contributed by atoms with Gasteiger partial charge < -0.3 is 18.9 Å². The lowest BCUT2D eigenvalue weighted by atomic mass is 10.0. The number of rotatable bonds is 6. The van der Waals surface area contributed by atoms with Crippen LogP contribution in [-0.2, 0) is 16.0 Å². The van der Waals surface area contributed by atoms with E-state index in [1.807, 2.05) is 0 Å². The average molecular weight is 513 g/mol. The average Bonchev–Trinajstić information content (AvgIpc) is 3.73. The molecule has 2 aromatic heterocycles. The Kier molecular flexibility index (Phi) is 6.37. The Hall–Kier alpha value is -3.23. The zero-order valence-corrected chi connectivity index (χ0v) is 22.2. The van der Waals surface area contributed by atoms with E-state index in [0.29, 0.717) is 12.5 Å². The van der Waals surface area contributed by atoms with Gasteiger partial charge in [-0.2, -0.15) is 5.10 Å². The molecule has 2 fully saturated rings. The van der Waals surface area contributed by atoms with Crippen molar-refractivity contribution in [3.63, 3.8) is 0 Å². The van der Waals surface area contributed by atoms with E-state index in [4.69, 9.17) is 24.5 Å². The summed E-state index contributed by atoms with van der Waals surface area (Å²) in [5, 5.41) is 7.26. The van der Waals surface area contributed by atoms with Crippen LogP contribution in [0.4, 0.5) is 11.5 Å². The lowest BCUT2D eigenvalue weighted by Gasteiger charge is -2.30. The van der Waals surface area contributed by atoms with Gasteiger partial charge in [0.1, 0.15) is 11.3 Å². The lowest BCUT2D eigenvalue weighted by molar-refractivity contribution is 0.123. The normalized spacial score (nSPS) is 20.6. The molecule has 0 amide bonds. The smallest absolute Gasteiger partial charge is 0.164 e. The quantitative estimate of drug-likeness (QED) is 0.473. The van der Waals surface area contributed by atoms with Gasteiger partial charge in [-0.25, -0.2) is 15.0 Å². The lowest BCUT2D eigenvalue weighted by Crippen LogP contribution is -2.36. The van der Waals surface area contributed by atoms with Gasteiger partial charge in [-0.15, -0.1) is 0 Å². The fourth-order valence-corrected chi connectivity index (χ4v) is 5.78. The van der Waals surface area contributed by atoms with E-state index >= 15 is 0 Å². The van der Waals surface area contributed by atoms with Crippen molar-refractivity contribution < 1.29 is 9.47 Å². The molecule has 3 aliphatic heterocycles. The van der Waals surface area contributed by atoms with E-state index in [-0.39, 0.29) is 0 Å². The predicted molar refractivity (Wildman–Crippen MR) is 151 cm³/mol. The second-order valence-corrected chi connectivity index (χ2v) is 11.0. The molecule has 0 bridgehead atoms. The molecule has 0 spiro atoms. The predicted octanol–water partition coefficient (Wildman–Crippen LogP) is 4.79. The van der Waals surface area contributed by atoms with Crippen molar-refractivity contribution >= 4 is 34.0 Å². The van der Waals surface area contributed by atoms with Crippen LogP contribution >= 0.6 is 0 Å². The first kappa shape index (κ1) is 23.9. The first-order valence-corrected chi connectivity index (χ1v) is 14.2. The number of aryl methyl sites for hydroxylation is 1. The van der Waals surface area contributed by atoms with Gasteiger partial charge in [-0.1, -0.05) is 35.9 Å². The largest absolute Gasteiger partial charge is 0.378 e. The van der Waals surface area contributed by atoms with Crippen LogP contribution in [0.1, 0.15) is 49.1 Å². The number of benzene rings is 1. The molecular weight excluding hydrogens is 476 g/mol. The molecule has 7 rings (SSSR count). The molecule has 0 unspecified atom stereocenters. The minimum Gasteiger partial charge on any atom is -0.378 e. The molecule has 3 aromatic rings. The number of aromatic nitrogens is 3. The molecule has 5 heterocycles. The Labute approximate surface area is 223 Å². The van der Waals surface area contributed by atoms with Gasteiger partial charge in [-0.3, -0.25) is 0 Å². The number of morpholine rings is 1.